The molecule has 7 nitrogen and oxygen atoms in total. The molecule has 7 heteroatoms. The van der Waals surface area contributed by atoms with Crippen molar-refractivity contribution in [3.8, 4) is 0 Å². The van der Waals surface area contributed by atoms with Gasteiger partial charge in [-0.05, 0) is 54.9 Å². The molecule has 0 unspecified atom stereocenters. The molecule has 1 aliphatic carbocycles. The van der Waals surface area contributed by atoms with Gasteiger partial charge in [-0.2, -0.15) is 0 Å². The number of benzene rings is 2. The zero-order valence-corrected chi connectivity index (χ0v) is 23.4. The molecule has 4 rings (SSSR count). The Labute approximate surface area is 231 Å². The van der Waals surface area contributed by atoms with Crippen molar-refractivity contribution < 1.29 is 23.9 Å². The summed E-state index contributed by atoms with van der Waals surface area (Å²) in [4.78, 5) is 42.2. The first-order chi connectivity index (χ1) is 19.0. The molecule has 1 fully saturated rings. The molecule has 0 spiro atoms. The van der Waals surface area contributed by atoms with Gasteiger partial charge in [-0.1, -0.05) is 68.3 Å². The van der Waals surface area contributed by atoms with Crippen molar-refractivity contribution in [3.63, 3.8) is 0 Å². The van der Waals surface area contributed by atoms with E-state index in [0.717, 1.165) is 67.2 Å². The fraction of sp³-hybridized carbons (Fsp3) is 0.531. The number of unbranched alkanes of at least 4 members (excludes halogenated alkanes) is 1. The Balaban J connectivity index is 1.56. The number of rotatable bonds is 12. The SMILES string of the molecule is CCCCOCCCNC(=O)C[C@@H]1C[C@@]2(C(=O)OC)CCCCC=C2N(Cc2cccc3ccccc23)C1=O. The number of carbonyl (C=O) groups is 3. The first kappa shape index (κ1) is 28.8. The molecule has 210 valence electrons. The van der Waals surface area contributed by atoms with Gasteiger partial charge in [0.05, 0.1) is 13.7 Å². The van der Waals surface area contributed by atoms with Crippen LogP contribution in [0.4, 0.5) is 0 Å². The largest absolute Gasteiger partial charge is 0.468 e. The Morgan fingerprint density at radius 2 is 1.87 bits per heavy atom. The summed E-state index contributed by atoms with van der Waals surface area (Å²) in [7, 11) is 1.41. The van der Waals surface area contributed by atoms with Crippen molar-refractivity contribution >= 4 is 28.6 Å². The average molecular weight is 535 g/mol. The lowest BCUT2D eigenvalue weighted by atomic mass is 9.69. The number of likely N-dealkylation sites (tertiary alicyclic amines) is 1. The van der Waals surface area contributed by atoms with Gasteiger partial charge in [0.25, 0.3) is 0 Å². The average Bonchev–Trinajstić information content (AvgIpc) is 3.17. The Morgan fingerprint density at radius 3 is 2.69 bits per heavy atom. The Kier molecular flexibility index (Phi) is 10.2. The maximum absolute atomic E-state index is 14.0. The van der Waals surface area contributed by atoms with Gasteiger partial charge >= 0.3 is 5.97 Å². The molecule has 1 heterocycles. The molecule has 0 saturated carbocycles. The molecule has 2 aromatic rings. The summed E-state index contributed by atoms with van der Waals surface area (Å²) in [5.41, 5.74) is 0.825. The van der Waals surface area contributed by atoms with Crippen LogP contribution >= 0.6 is 0 Å². The second-order valence-corrected chi connectivity index (χ2v) is 10.7. The van der Waals surface area contributed by atoms with Crippen molar-refractivity contribution in [2.24, 2.45) is 11.3 Å². The summed E-state index contributed by atoms with van der Waals surface area (Å²) in [6.07, 6.45) is 8.47. The zero-order valence-electron chi connectivity index (χ0n) is 23.4. The summed E-state index contributed by atoms with van der Waals surface area (Å²) in [5.74, 6) is -1.20. The second-order valence-electron chi connectivity index (χ2n) is 10.7. The lowest BCUT2D eigenvalue weighted by Crippen LogP contribution is -2.53. The lowest BCUT2D eigenvalue weighted by Gasteiger charge is -2.46. The summed E-state index contributed by atoms with van der Waals surface area (Å²) < 4.78 is 10.9. The minimum atomic E-state index is -0.929. The number of carbonyl (C=O) groups excluding carboxylic acids is 3. The number of hydrogen-bond acceptors (Lipinski definition) is 5. The fourth-order valence-electron chi connectivity index (χ4n) is 6.01. The highest BCUT2D eigenvalue weighted by atomic mass is 16.5. The summed E-state index contributed by atoms with van der Waals surface area (Å²) in [6.45, 7) is 4.30. The maximum Gasteiger partial charge on any atom is 0.317 e. The number of amides is 2. The van der Waals surface area contributed by atoms with Crippen LogP contribution in [0.15, 0.2) is 54.2 Å². The Hall–Kier alpha value is -3.19. The van der Waals surface area contributed by atoms with Crippen LogP contribution in [0.1, 0.15) is 70.3 Å². The molecule has 1 N–H and O–H groups in total. The van der Waals surface area contributed by atoms with Crippen LogP contribution in [0.3, 0.4) is 0 Å². The van der Waals surface area contributed by atoms with Gasteiger partial charge in [0.1, 0.15) is 5.41 Å². The van der Waals surface area contributed by atoms with Crippen LogP contribution in [-0.2, 0) is 30.4 Å². The normalized spacial score (nSPS) is 21.2. The molecule has 2 aromatic carbocycles. The van der Waals surface area contributed by atoms with Crippen LogP contribution in [0, 0.1) is 11.3 Å². The number of nitrogens with zero attached hydrogens (tertiary/aromatic N) is 1. The van der Waals surface area contributed by atoms with E-state index in [2.05, 4.69) is 36.5 Å². The van der Waals surface area contributed by atoms with E-state index in [4.69, 9.17) is 9.47 Å². The second kappa shape index (κ2) is 13.7. The first-order valence-corrected chi connectivity index (χ1v) is 14.4. The van der Waals surface area contributed by atoms with Crippen molar-refractivity contribution in [2.75, 3.05) is 26.9 Å². The van der Waals surface area contributed by atoms with Crippen molar-refractivity contribution in [3.05, 3.63) is 59.8 Å². The van der Waals surface area contributed by atoms with Crippen LogP contribution in [-0.4, -0.2) is 49.6 Å². The van der Waals surface area contributed by atoms with Crippen molar-refractivity contribution in [1.82, 2.24) is 10.2 Å². The molecule has 0 aromatic heterocycles. The van der Waals surface area contributed by atoms with Crippen molar-refractivity contribution in [2.45, 2.75) is 71.3 Å². The molecular weight excluding hydrogens is 492 g/mol. The third-order valence-electron chi connectivity index (χ3n) is 8.03. The highest BCUT2D eigenvalue weighted by Gasteiger charge is 2.53. The number of allylic oxidation sites excluding steroid dienone is 1. The number of fused-ring (bicyclic) bond motifs is 2. The first-order valence-electron chi connectivity index (χ1n) is 14.4. The number of piperidine rings is 1. The fourth-order valence-corrected chi connectivity index (χ4v) is 6.01. The topological polar surface area (TPSA) is 84.9 Å². The van der Waals surface area contributed by atoms with E-state index < -0.39 is 11.3 Å². The van der Waals surface area contributed by atoms with Crippen LogP contribution in [0.5, 0.6) is 0 Å². The minimum absolute atomic E-state index is 0.0492. The molecule has 39 heavy (non-hydrogen) atoms. The third-order valence-corrected chi connectivity index (χ3v) is 8.03. The van der Waals surface area contributed by atoms with Crippen molar-refractivity contribution in [1.29, 1.82) is 0 Å². The van der Waals surface area contributed by atoms with Gasteiger partial charge in [-0.15, -0.1) is 0 Å². The standard InChI is InChI=1S/C32H42N2O5/c1-3-4-19-39-20-11-18-33-29(35)21-26-22-32(31(37)38-2)17-9-5-6-16-28(32)34(30(26)36)23-25-14-10-13-24-12-7-8-15-27(24)25/h7-8,10,12-16,26H,3-6,9,11,17-23H2,1-2H3,(H,33,35)/t26-,32+/m1/s1. The monoisotopic (exact) mass is 534 g/mol. The molecule has 1 saturated heterocycles. The number of nitrogens with one attached hydrogen (secondary N) is 1. The van der Waals surface area contributed by atoms with Gasteiger partial charge in [0, 0.05) is 37.8 Å². The van der Waals surface area contributed by atoms with Gasteiger partial charge in [-0.3, -0.25) is 14.4 Å². The Morgan fingerprint density at radius 1 is 1.08 bits per heavy atom. The van der Waals surface area contributed by atoms with E-state index in [1.54, 1.807) is 4.90 Å². The number of methoxy groups -OCH3 is 1. The van der Waals surface area contributed by atoms with E-state index in [1.165, 1.54) is 7.11 Å². The van der Waals surface area contributed by atoms with E-state index in [1.807, 2.05) is 24.3 Å². The molecular formula is C32H42N2O5. The van der Waals surface area contributed by atoms with E-state index in [-0.39, 0.29) is 24.2 Å². The predicted octanol–water partition coefficient (Wildman–Crippen LogP) is 5.52. The molecule has 2 amide bonds. The van der Waals surface area contributed by atoms with Gasteiger partial charge < -0.3 is 19.7 Å². The minimum Gasteiger partial charge on any atom is -0.468 e. The number of ether oxygens (including phenoxy) is 2. The summed E-state index contributed by atoms with van der Waals surface area (Å²) in [6, 6.07) is 14.2. The summed E-state index contributed by atoms with van der Waals surface area (Å²) in [5, 5.41) is 5.13. The quantitative estimate of drug-likeness (QED) is 0.286. The van der Waals surface area contributed by atoms with Gasteiger partial charge in [-0.25, -0.2) is 0 Å². The number of hydrogen-bond donors (Lipinski definition) is 1. The Bertz CT molecular complexity index is 1190. The van der Waals surface area contributed by atoms with E-state index in [0.29, 0.717) is 32.5 Å². The van der Waals surface area contributed by atoms with Crippen LogP contribution in [0.25, 0.3) is 10.8 Å². The van der Waals surface area contributed by atoms with Crippen LogP contribution in [0.2, 0.25) is 0 Å². The molecule has 0 radical (unpaired) electrons. The third kappa shape index (κ3) is 6.70. The smallest absolute Gasteiger partial charge is 0.317 e. The molecule has 2 aliphatic rings. The van der Waals surface area contributed by atoms with E-state index in [9.17, 15) is 14.4 Å². The highest BCUT2D eigenvalue weighted by Crippen LogP contribution is 2.49. The maximum atomic E-state index is 14.0. The zero-order chi connectivity index (χ0) is 27.7. The lowest BCUT2D eigenvalue weighted by molar-refractivity contribution is -0.160. The van der Waals surface area contributed by atoms with Gasteiger partial charge in [0.2, 0.25) is 11.8 Å². The van der Waals surface area contributed by atoms with Gasteiger partial charge in [0.15, 0.2) is 0 Å². The summed E-state index contributed by atoms with van der Waals surface area (Å²) >= 11 is 0. The molecule has 2 atom stereocenters. The van der Waals surface area contributed by atoms with E-state index >= 15 is 0 Å². The van der Waals surface area contributed by atoms with Crippen LogP contribution < -0.4 is 5.32 Å². The molecule has 1 aliphatic heterocycles. The number of esters is 1. The predicted molar refractivity (Wildman–Crippen MR) is 152 cm³/mol. The highest BCUT2D eigenvalue weighted by molar-refractivity contribution is 5.93. The molecule has 0 bridgehead atoms.